The molecule has 6 heteroatoms. The van der Waals surface area contributed by atoms with E-state index < -0.39 is 18.0 Å². The van der Waals surface area contributed by atoms with E-state index in [2.05, 4.69) is 4.74 Å². The molecule has 0 radical (unpaired) electrons. The number of methoxy groups -OCH3 is 1. The van der Waals surface area contributed by atoms with Crippen LogP contribution in [0.5, 0.6) is 0 Å². The number of hydrogen-bond acceptors (Lipinski definition) is 5. The highest BCUT2D eigenvalue weighted by Gasteiger charge is 2.27. The van der Waals surface area contributed by atoms with Gasteiger partial charge in [0.15, 0.2) is 0 Å². The summed E-state index contributed by atoms with van der Waals surface area (Å²) in [6.45, 7) is 6.93. The van der Waals surface area contributed by atoms with Crippen LogP contribution in [-0.2, 0) is 23.9 Å². The molecule has 0 aromatic carbocycles. The van der Waals surface area contributed by atoms with Gasteiger partial charge in [-0.1, -0.05) is 13.0 Å². The van der Waals surface area contributed by atoms with Gasteiger partial charge in [-0.2, -0.15) is 0 Å². The normalized spacial score (nSPS) is 12.6. The molecule has 0 bridgehead atoms. The van der Waals surface area contributed by atoms with Crippen LogP contribution in [0.4, 0.5) is 0 Å². The molecule has 1 atom stereocenters. The maximum Gasteiger partial charge on any atom is 0.335 e. The Morgan fingerprint density at radius 1 is 1.25 bits per heavy atom. The summed E-state index contributed by atoms with van der Waals surface area (Å²) < 4.78 is 9.56. The lowest BCUT2D eigenvalue weighted by atomic mass is 10.1. The van der Waals surface area contributed by atoms with Crippen molar-refractivity contribution in [1.82, 2.24) is 4.90 Å². The van der Waals surface area contributed by atoms with Crippen molar-refractivity contribution in [3.8, 4) is 0 Å². The van der Waals surface area contributed by atoms with Gasteiger partial charge in [0.1, 0.15) is 6.04 Å². The molecule has 0 saturated carbocycles. The van der Waals surface area contributed by atoms with Crippen LogP contribution in [0.25, 0.3) is 0 Å². The molecule has 1 amide bonds. The van der Waals surface area contributed by atoms with E-state index in [1.165, 1.54) is 12.0 Å². The van der Waals surface area contributed by atoms with E-state index >= 15 is 0 Å². The smallest absolute Gasteiger partial charge is 0.335 e. The maximum absolute atomic E-state index is 11.9. The molecule has 0 rings (SSSR count). The first-order valence-electron chi connectivity index (χ1n) is 6.62. The van der Waals surface area contributed by atoms with Crippen LogP contribution in [-0.4, -0.2) is 49.0 Å². The number of carbonyl (C=O) groups excluding carboxylic acids is 3. The average Bonchev–Trinajstić information content (AvgIpc) is 2.46. The van der Waals surface area contributed by atoms with Gasteiger partial charge in [0.25, 0.3) is 0 Å². The third-order valence-corrected chi connectivity index (χ3v) is 2.86. The first-order chi connectivity index (χ1) is 9.42. The van der Waals surface area contributed by atoms with Crippen molar-refractivity contribution in [3.63, 3.8) is 0 Å². The van der Waals surface area contributed by atoms with E-state index in [1.54, 1.807) is 33.8 Å². The van der Waals surface area contributed by atoms with Crippen molar-refractivity contribution < 1.29 is 23.9 Å². The van der Waals surface area contributed by atoms with Crippen LogP contribution in [0, 0.1) is 0 Å². The van der Waals surface area contributed by atoms with E-state index in [1.807, 2.05) is 0 Å². The van der Waals surface area contributed by atoms with E-state index in [-0.39, 0.29) is 25.5 Å². The van der Waals surface area contributed by atoms with Gasteiger partial charge in [0.2, 0.25) is 5.91 Å². The zero-order valence-electron chi connectivity index (χ0n) is 12.8. The van der Waals surface area contributed by atoms with Crippen molar-refractivity contribution in [2.75, 3.05) is 20.3 Å². The fourth-order valence-electron chi connectivity index (χ4n) is 1.62. The second kappa shape index (κ2) is 9.12. The summed E-state index contributed by atoms with van der Waals surface area (Å²) in [4.78, 5) is 36.6. The number of allylic oxidation sites excluding steroid dienone is 1. The molecule has 0 aromatic rings. The molecule has 0 aliphatic heterocycles. The third kappa shape index (κ3) is 5.03. The van der Waals surface area contributed by atoms with Crippen molar-refractivity contribution in [3.05, 3.63) is 11.6 Å². The predicted molar refractivity (Wildman–Crippen MR) is 73.9 cm³/mol. The van der Waals surface area contributed by atoms with Gasteiger partial charge in [-0.3, -0.25) is 4.79 Å². The zero-order valence-corrected chi connectivity index (χ0v) is 12.8. The lowest BCUT2D eigenvalue weighted by Gasteiger charge is -2.27. The van der Waals surface area contributed by atoms with Crippen molar-refractivity contribution in [2.45, 2.75) is 40.2 Å². The second-order valence-electron chi connectivity index (χ2n) is 4.11. The first kappa shape index (κ1) is 18.1. The number of ether oxygens (including phenoxy) is 2. The van der Waals surface area contributed by atoms with Crippen molar-refractivity contribution in [2.24, 2.45) is 0 Å². The first-order valence-corrected chi connectivity index (χ1v) is 6.62. The molecule has 0 saturated heterocycles. The van der Waals surface area contributed by atoms with Gasteiger partial charge < -0.3 is 14.4 Å². The summed E-state index contributed by atoms with van der Waals surface area (Å²) in [5.41, 5.74) is 0.337. The Balaban J connectivity index is 5.11. The Hall–Kier alpha value is -1.85. The van der Waals surface area contributed by atoms with Crippen LogP contribution in [0.15, 0.2) is 11.6 Å². The van der Waals surface area contributed by atoms with Crippen LogP contribution in [0.1, 0.15) is 34.1 Å². The van der Waals surface area contributed by atoms with Crippen LogP contribution in [0.2, 0.25) is 0 Å². The van der Waals surface area contributed by atoms with Crippen LogP contribution < -0.4 is 0 Å². The average molecular weight is 285 g/mol. The molecular formula is C14H23NO5. The topological polar surface area (TPSA) is 72.9 Å². The Morgan fingerprint density at radius 2 is 1.85 bits per heavy atom. The lowest BCUT2D eigenvalue weighted by molar-refractivity contribution is -0.152. The molecule has 0 heterocycles. The minimum absolute atomic E-state index is 0.0261. The SMILES string of the molecule is C/C=C(\CN(C(=O)CC)C(C)C(=O)OC)C(=O)OCC. The summed E-state index contributed by atoms with van der Waals surface area (Å²) in [7, 11) is 1.26. The van der Waals surface area contributed by atoms with Gasteiger partial charge in [-0.15, -0.1) is 0 Å². The highest BCUT2D eigenvalue weighted by atomic mass is 16.5. The van der Waals surface area contributed by atoms with Crippen molar-refractivity contribution >= 4 is 17.8 Å². The van der Waals surface area contributed by atoms with Gasteiger partial charge in [0, 0.05) is 6.42 Å². The van der Waals surface area contributed by atoms with E-state index in [0.29, 0.717) is 5.57 Å². The predicted octanol–water partition coefficient (Wildman–Crippen LogP) is 1.30. The zero-order chi connectivity index (χ0) is 15.7. The molecule has 114 valence electrons. The molecule has 20 heavy (non-hydrogen) atoms. The van der Waals surface area contributed by atoms with E-state index in [9.17, 15) is 14.4 Å². The number of amides is 1. The minimum atomic E-state index is -0.753. The molecule has 0 fully saturated rings. The lowest BCUT2D eigenvalue weighted by Crippen LogP contribution is -2.45. The fraction of sp³-hybridized carbons (Fsp3) is 0.643. The molecule has 0 aliphatic rings. The second-order valence-corrected chi connectivity index (χ2v) is 4.11. The molecule has 0 aromatic heterocycles. The van der Waals surface area contributed by atoms with Crippen LogP contribution >= 0.6 is 0 Å². The molecule has 0 spiro atoms. The highest BCUT2D eigenvalue weighted by Crippen LogP contribution is 2.10. The van der Waals surface area contributed by atoms with Crippen molar-refractivity contribution in [1.29, 1.82) is 0 Å². The molecule has 6 nitrogen and oxygen atoms in total. The maximum atomic E-state index is 11.9. The van der Waals surface area contributed by atoms with E-state index in [4.69, 9.17) is 4.74 Å². The fourth-order valence-corrected chi connectivity index (χ4v) is 1.62. The summed E-state index contributed by atoms with van der Waals surface area (Å²) >= 11 is 0. The summed E-state index contributed by atoms with van der Waals surface area (Å²) in [6, 6.07) is -0.753. The number of rotatable bonds is 7. The Morgan fingerprint density at radius 3 is 2.25 bits per heavy atom. The van der Waals surface area contributed by atoms with E-state index in [0.717, 1.165) is 0 Å². The number of esters is 2. The molecule has 0 N–H and O–H groups in total. The summed E-state index contributed by atoms with van der Waals surface area (Å²) in [6.07, 6.45) is 1.82. The molecule has 0 aliphatic carbocycles. The van der Waals surface area contributed by atoms with Gasteiger partial charge >= 0.3 is 11.9 Å². The number of nitrogens with zero attached hydrogens (tertiary/aromatic N) is 1. The standard InChI is InChI=1S/C14H23NO5/c1-6-11(14(18)20-8-3)9-15(12(16)7-2)10(4)13(17)19-5/h6,10H,7-9H2,1-5H3/b11-6+. The molecular weight excluding hydrogens is 262 g/mol. The summed E-state index contributed by atoms with van der Waals surface area (Å²) in [5.74, 6) is -1.24. The largest absolute Gasteiger partial charge is 0.467 e. The number of hydrogen-bond donors (Lipinski definition) is 0. The monoisotopic (exact) mass is 285 g/mol. The van der Waals surface area contributed by atoms with Gasteiger partial charge in [-0.05, 0) is 20.8 Å². The van der Waals surface area contributed by atoms with Crippen LogP contribution in [0.3, 0.4) is 0 Å². The highest BCUT2D eigenvalue weighted by molar-refractivity contribution is 5.91. The summed E-state index contributed by atoms with van der Waals surface area (Å²) in [5, 5.41) is 0. The van der Waals surface area contributed by atoms with Gasteiger partial charge in [0.05, 0.1) is 25.8 Å². The Labute approximate surface area is 119 Å². The quantitative estimate of drug-likeness (QED) is 0.520. The Bertz CT molecular complexity index is 389. The minimum Gasteiger partial charge on any atom is -0.467 e. The third-order valence-electron chi connectivity index (χ3n) is 2.86. The van der Waals surface area contributed by atoms with Gasteiger partial charge in [-0.25, -0.2) is 9.59 Å². The molecule has 1 unspecified atom stereocenters. The Kier molecular flexibility index (Phi) is 8.27. The number of carbonyl (C=O) groups is 3.